The highest BCUT2D eigenvalue weighted by molar-refractivity contribution is 5.79. The van der Waals surface area contributed by atoms with E-state index >= 15 is 0 Å². The van der Waals surface area contributed by atoms with Crippen molar-refractivity contribution in [2.75, 3.05) is 39.8 Å². The van der Waals surface area contributed by atoms with E-state index in [9.17, 15) is 0 Å². The highest BCUT2D eigenvalue weighted by Crippen LogP contribution is 2.23. The predicted molar refractivity (Wildman–Crippen MR) is 82.6 cm³/mol. The summed E-state index contributed by atoms with van der Waals surface area (Å²) in [5, 5.41) is 0. The number of nitrogens with two attached hydrogens (primary N) is 1. The number of benzene rings is 1. The number of nitrogen functional groups attached to an aromatic ring is 1. The third-order valence-corrected chi connectivity index (χ3v) is 3.34. The van der Waals surface area contributed by atoms with E-state index in [4.69, 9.17) is 19.9 Å². The summed E-state index contributed by atoms with van der Waals surface area (Å²) >= 11 is 0. The number of unbranched alkanes of at least 4 members (excludes halogenated alkanes) is 1. The number of imidazole rings is 1. The summed E-state index contributed by atoms with van der Waals surface area (Å²) in [6.45, 7) is 2.86. The molecule has 0 saturated carbocycles. The zero-order valence-electron chi connectivity index (χ0n) is 12.7. The van der Waals surface area contributed by atoms with Crippen LogP contribution in [0, 0.1) is 0 Å². The van der Waals surface area contributed by atoms with Gasteiger partial charge in [0.05, 0.1) is 31.4 Å². The van der Waals surface area contributed by atoms with Gasteiger partial charge in [0.25, 0.3) is 0 Å². The van der Waals surface area contributed by atoms with Crippen LogP contribution in [0.3, 0.4) is 0 Å². The Morgan fingerprint density at radius 1 is 1.14 bits per heavy atom. The van der Waals surface area contributed by atoms with Gasteiger partial charge in [-0.25, -0.2) is 4.98 Å². The fourth-order valence-corrected chi connectivity index (χ4v) is 2.21. The van der Waals surface area contributed by atoms with Crippen LogP contribution in [-0.4, -0.2) is 43.6 Å². The lowest BCUT2D eigenvalue weighted by molar-refractivity contribution is 0.0684. The molecule has 0 amide bonds. The highest BCUT2D eigenvalue weighted by Gasteiger charge is 2.08. The molecule has 6 heteroatoms. The van der Waals surface area contributed by atoms with Gasteiger partial charge in [0.1, 0.15) is 5.75 Å². The van der Waals surface area contributed by atoms with E-state index in [2.05, 4.69) is 4.98 Å². The number of aryl methyl sites for hydroxylation is 1. The zero-order chi connectivity index (χ0) is 15.1. The molecule has 116 valence electrons. The Kier molecular flexibility index (Phi) is 5.83. The van der Waals surface area contributed by atoms with Gasteiger partial charge in [0.2, 0.25) is 5.95 Å². The topological polar surface area (TPSA) is 71.5 Å². The number of methoxy groups -OCH3 is 2. The van der Waals surface area contributed by atoms with Gasteiger partial charge in [-0.05, 0) is 25.0 Å². The number of rotatable bonds is 9. The maximum absolute atomic E-state index is 5.99. The van der Waals surface area contributed by atoms with Crippen LogP contribution in [-0.2, 0) is 16.0 Å². The minimum atomic E-state index is 0.540. The maximum Gasteiger partial charge on any atom is 0.201 e. The molecule has 0 aliphatic heterocycles. The highest BCUT2D eigenvalue weighted by atomic mass is 16.5. The fourth-order valence-electron chi connectivity index (χ4n) is 2.21. The maximum atomic E-state index is 5.99. The van der Waals surface area contributed by atoms with Gasteiger partial charge in [-0.3, -0.25) is 0 Å². The molecular formula is C15H23N3O3. The normalized spacial score (nSPS) is 11.1. The summed E-state index contributed by atoms with van der Waals surface area (Å²) in [6, 6.07) is 5.82. The minimum Gasteiger partial charge on any atom is -0.497 e. The Morgan fingerprint density at radius 2 is 2.00 bits per heavy atom. The van der Waals surface area contributed by atoms with Crippen LogP contribution in [0.15, 0.2) is 18.2 Å². The van der Waals surface area contributed by atoms with Crippen molar-refractivity contribution < 1.29 is 14.2 Å². The van der Waals surface area contributed by atoms with Crippen molar-refractivity contribution in [2.24, 2.45) is 0 Å². The summed E-state index contributed by atoms with van der Waals surface area (Å²) < 4.78 is 17.6. The predicted octanol–water partition coefficient (Wildman–Crippen LogP) is 2.07. The van der Waals surface area contributed by atoms with E-state index in [0.717, 1.165) is 42.8 Å². The van der Waals surface area contributed by atoms with Gasteiger partial charge in [-0.2, -0.15) is 0 Å². The third kappa shape index (κ3) is 4.09. The summed E-state index contributed by atoms with van der Waals surface area (Å²) in [4.78, 5) is 4.37. The molecule has 0 bridgehead atoms. The molecule has 0 spiro atoms. The number of ether oxygens (including phenoxy) is 3. The van der Waals surface area contributed by atoms with Gasteiger partial charge >= 0.3 is 0 Å². The van der Waals surface area contributed by atoms with Crippen molar-refractivity contribution in [1.29, 1.82) is 0 Å². The van der Waals surface area contributed by atoms with Crippen LogP contribution < -0.4 is 10.5 Å². The summed E-state index contributed by atoms with van der Waals surface area (Å²) in [6.07, 6.45) is 1.98. The Hall–Kier alpha value is -1.79. The molecule has 2 rings (SSSR count). The standard InChI is InChI=1S/C15H23N3O3/c1-19-9-10-21-8-4-3-7-18-14-6-5-12(20-2)11-13(14)17-15(18)16/h5-6,11H,3-4,7-10H2,1-2H3,(H2,16,17). The van der Waals surface area contributed by atoms with E-state index in [1.165, 1.54) is 0 Å². The van der Waals surface area contributed by atoms with Crippen molar-refractivity contribution in [3.63, 3.8) is 0 Å². The number of anilines is 1. The molecule has 1 heterocycles. The molecule has 0 saturated heterocycles. The first kappa shape index (κ1) is 15.6. The zero-order valence-corrected chi connectivity index (χ0v) is 12.7. The van der Waals surface area contributed by atoms with Crippen molar-refractivity contribution in [1.82, 2.24) is 9.55 Å². The van der Waals surface area contributed by atoms with Crippen LogP contribution in [0.5, 0.6) is 5.75 Å². The molecule has 2 N–H and O–H groups in total. The first-order valence-corrected chi connectivity index (χ1v) is 7.12. The van der Waals surface area contributed by atoms with Crippen molar-refractivity contribution in [2.45, 2.75) is 19.4 Å². The van der Waals surface area contributed by atoms with E-state index in [1.807, 2.05) is 22.8 Å². The molecule has 0 fully saturated rings. The molecule has 21 heavy (non-hydrogen) atoms. The number of hydrogen-bond acceptors (Lipinski definition) is 5. The molecule has 0 aliphatic carbocycles. The van der Waals surface area contributed by atoms with Gasteiger partial charge in [-0.15, -0.1) is 0 Å². The van der Waals surface area contributed by atoms with E-state index in [1.54, 1.807) is 14.2 Å². The SMILES string of the molecule is COCCOCCCCn1c(N)nc2cc(OC)ccc21. The van der Waals surface area contributed by atoms with Gasteiger partial charge in [0.15, 0.2) is 0 Å². The molecule has 1 aromatic heterocycles. The molecule has 0 atom stereocenters. The van der Waals surface area contributed by atoms with Crippen molar-refractivity contribution >= 4 is 17.0 Å². The number of fused-ring (bicyclic) bond motifs is 1. The largest absolute Gasteiger partial charge is 0.497 e. The Balaban J connectivity index is 1.88. The fraction of sp³-hybridized carbons (Fsp3) is 0.533. The van der Waals surface area contributed by atoms with E-state index in [-0.39, 0.29) is 0 Å². The first-order valence-electron chi connectivity index (χ1n) is 7.12. The van der Waals surface area contributed by atoms with Crippen LogP contribution in [0.2, 0.25) is 0 Å². The summed E-state index contributed by atoms with van der Waals surface area (Å²) in [5.41, 5.74) is 7.89. The molecule has 0 radical (unpaired) electrons. The van der Waals surface area contributed by atoms with Gasteiger partial charge in [-0.1, -0.05) is 0 Å². The van der Waals surface area contributed by atoms with Crippen molar-refractivity contribution in [3.8, 4) is 5.75 Å². The second kappa shape index (κ2) is 7.85. The first-order chi connectivity index (χ1) is 10.3. The Labute approximate surface area is 124 Å². The minimum absolute atomic E-state index is 0.540. The Bertz CT molecular complexity index is 569. The molecule has 0 aliphatic rings. The van der Waals surface area contributed by atoms with Crippen LogP contribution >= 0.6 is 0 Å². The lowest BCUT2D eigenvalue weighted by atomic mass is 10.3. The van der Waals surface area contributed by atoms with Crippen molar-refractivity contribution in [3.05, 3.63) is 18.2 Å². The molecular weight excluding hydrogens is 270 g/mol. The third-order valence-electron chi connectivity index (χ3n) is 3.34. The molecule has 6 nitrogen and oxygen atoms in total. The molecule has 0 unspecified atom stereocenters. The number of aromatic nitrogens is 2. The van der Waals surface area contributed by atoms with E-state index in [0.29, 0.717) is 19.2 Å². The monoisotopic (exact) mass is 293 g/mol. The lowest BCUT2D eigenvalue weighted by Gasteiger charge is -2.07. The van der Waals surface area contributed by atoms with Crippen LogP contribution in [0.1, 0.15) is 12.8 Å². The van der Waals surface area contributed by atoms with E-state index < -0.39 is 0 Å². The van der Waals surface area contributed by atoms with Crippen LogP contribution in [0.4, 0.5) is 5.95 Å². The smallest absolute Gasteiger partial charge is 0.201 e. The van der Waals surface area contributed by atoms with Crippen LogP contribution in [0.25, 0.3) is 11.0 Å². The summed E-state index contributed by atoms with van der Waals surface area (Å²) in [7, 11) is 3.32. The van der Waals surface area contributed by atoms with Gasteiger partial charge < -0.3 is 24.5 Å². The molecule has 2 aromatic rings. The quantitative estimate of drug-likeness (QED) is 0.717. The molecule has 1 aromatic carbocycles. The average Bonchev–Trinajstić information content (AvgIpc) is 2.81. The lowest BCUT2D eigenvalue weighted by Crippen LogP contribution is -2.06. The second-order valence-electron chi connectivity index (χ2n) is 4.79. The number of nitrogens with zero attached hydrogens (tertiary/aromatic N) is 2. The number of hydrogen-bond donors (Lipinski definition) is 1. The summed E-state index contributed by atoms with van der Waals surface area (Å²) in [5.74, 6) is 1.33. The Morgan fingerprint density at radius 3 is 2.76 bits per heavy atom. The van der Waals surface area contributed by atoms with Gasteiger partial charge in [0, 0.05) is 26.3 Å². The average molecular weight is 293 g/mol. The second-order valence-corrected chi connectivity index (χ2v) is 4.79.